The molecule has 0 radical (unpaired) electrons. The molecule has 1 aliphatic rings. The SMILES string of the molecule is COc1cc(C(=O)NCCc2nncn2C)ccc1OC1CCN(C(C)=O)CC1. The van der Waals surface area contributed by atoms with Gasteiger partial charge in [-0.3, -0.25) is 9.59 Å². The van der Waals surface area contributed by atoms with Gasteiger partial charge in [-0.25, -0.2) is 0 Å². The molecule has 0 saturated carbocycles. The minimum Gasteiger partial charge on any atom is -0.493 e. The Labute approximate surface area is 170 Å². The van der Waals surface area contributed by atoms with E-state index in [2.05, 4.69) is 15.5 Å². The number of aryl methyl sites for hydroxylation is 1. The van der Waals surface area contributed by atoms with Crippen molar-refractivity contribution in [2.75, 3.05) is 26.7 Å². The number of amides is 2. The summed E-state index contributed by atoms with van der Waals surface area (Å²) >= 11 is 0. The molecular formula is C20H27N5O4. The van der Waals surface area contributed by atoms with Crippen molar-refractivity contribution in [1.82, 2.24) is 25.0 Å². The predicted octanol–water partition coefficient (Wildman–Crippen LogP) is 1.19. The van der Waals surface area contributed by atoms with Gasteiger partial charge in [-0.1, -0.05) is 0 Å². The molecule has 9 heteroatoms. The van der Waals surface area contributed by atoms with Crippen LogP contribution in [0.25, 0.3) is 0 Å². The second-order valence-electron chi connectivity index (χ2n) is 7.05. The Hall–Kier alpha value is -3.10. The standard InChI is InChI=1S/C20H27N5O4/c1-14(26)25-10-7-16(8-11-25)29-17-5-4-15(12-18(17)28-3)20(27)21-9-6-19-23-22-13-24(19)2/h4-5,12-13,16H,6-11H2,1-3H3,(H,21,27). The highest BCUT2D eigenvalue weighted by Crippen LogP contribution is 2.30. The number of likely N-dealkylation sites (tertiary alicyclic amines) is 1. The minimum atomic E-state index is -0.188. The molecule has 29 heavy (non-hydrogen) atoms. The van der Waals surface area contributed by atoms with Gasteiger partial charge < -0.3 is 24.3 Å². The Morgan fingerprint density at radius 1 is 1.24 bits per heavy atom. The van der Waals surface area contributed by atoms with Gasteiger partial charge in [-0.15, -0.1) is 10.2 Å². The van der Waals surface area contributed by atoms with E-state index in [4.69, 9.17) is 9.47 Å². The quantitative estimate of drug-likeness (QED) is 0.748. The summed E-state index contributed by atoms with van der Waals surface area (Å²) in [5.41, 5.74) is 0.499. The smallest absolute Gasteiger partial charge is 0.251 e. The van der Waals surface area contributed by atoms with Gasteiger partial charge in [0.15, 0.2) is 11.5 Å². The minimum absolute atomic E-state index is 0.0190. The largest absolute Gasteiger partial charge is 0.493 e. The summed E-state index contributed by atoms with van der Waals surface area (Å²) in [5.74, 6) is 1.83. The molecule has 0 unspecified atom stereocenters. The maximum atomic E-state index is 12.4. The Morgan fingerprint density at radius 2 is 2.00 bits per heavy atom. The van der Waals surface area contributed by atoms with Crippen molar-refractivity contribution in [3.63, 3.8) is 0 Å². The van der Waals surface area contributed by atoms with Gasteiger partial charge in [-0.2, -0.15) is 0 Å². The molecule has 156 valence electrons. The molecule has 2 amide bonds. The van der Waals surface area contributed by atoms with E-state index < -0.39 is 0 Å². The van der Waals surface area contributed by atoms with Crippen LogP contribution in [0.4, 0.5) is 0 Å². The van der Waals surface area contributed by atoms with Crippen molar-refractivity contribution in [2.45, 2.75) is 32.3 Å². The lowest BCUT2D eigenvalue weighted by molar-refractivity contribution is -0.130. The van der Waals surface area contributed by atoms with Crippen molar-refractivity contribution in [3.05, 3.63) is 35.9 Å². The maximum Gasteiger partial charge on any atom is 0.251 e. The summed E-state index contributed by atoms with van der Waals surface area (Å²) in [5, 5.41) is 10.7. The van der Waals surface area contributed by atoms with Crippen LogP contribution in [0.5, 0.6) is 11.5 Å². The number of rotatable bonds is 7. The average Bonchev–Trinajstić information content (AvgIpc) is 3.13. The fraction of sp³-hybridized carbons (Fsp3) is 0.500. The van der Waals surface area contributed by atoms with Crippen LogP contribution in [0.3, 0.4) is 0 Å². The molecule has 1 saturated heterocycles. The van der Waals surface area contributed by atoms with Crippen molar-refractivity contribution >= 4 is 11.8 Å². The molecule has 9 nitrogen and oxygen atoms in total. The number of carbonyl (C=O) groups excluding carboxylic acids is 2. The monoisotopic (exact) mass is 401 g/mol. The number of methoxy groups -OCH3 is 1. The van der Waals surface area contributed by atoms with Gasteiger partial charge >= 0.3 is 0 Å². The summed E-state index contributed by atoms with van der Waals surface area (Å²) in [7, 11) is 3.42. The van der Waals surface area contributed by atoms with Crippen molar-refractivity contribution in [1.29, 1.82) is 0 Å². The zero-order valence-electron chi connectivity index (χ0n) is 17.1. The van der Waals surface area contributed by atoms with E-state index >= 15 is 0 Å². The second kappa shape index (κ2) is 9.40. The summed E-state index contributed by atoms with van der Waals surface area (Å²) in [6.07, 6.45) is 3.79. The van der Waals surface area contributed by atoms with Crippen LogP contribution in [0.15, 0.2) is 24.5 Å². The predicted molar refractivity (Wildman–Crippen MR) is 106 cm³/mol. The lowest BCUT2D eigenvalue weighted by Crippen LogP contribution is -2.40. The summed E-state index contributed by atoms with van der Waals surface area (Å²) < 4.78 is 13.3. The summed E-state index contributed by atoms with van der Waals surface area (Å²) in [6, 6.07) is 5.16. The second-order valence-corrected chi connectivity index (χ2v) is 7.05. The van der Waals surface area contributed by atoms with E-state index in [0.29, 0.717) is 43.1 Å². The van der Waals surface area contributed by atoms with E-state index in [1.165, 1.54) is 0 Å². The maximum absolute atomic E-state index is 12.4. The number of aromatic nitrogens is 3. The zero-order valence-corrected chi connectivity index (χ0v) is 17.1. The van der Waals surface area contributed by atoms with Gasteiger partial charge in [-0.05, 0) is 18.2 Å². The number of carbonyl (C=O) groups is 2. The first-order valence-electron chi connectivity index (χ1n) is 9.69. The molecule has 0 atom stereocenters. The molecule has 3 rings (SSSR count). The van der Waals surface area contributed by atoms with Gasteiger partial charge in [0.25, 0.3) is 5.91 Å². The van der Waals surface area contributed by atoms with Crippen LogP contribution in [-0.4, -0.2) is 64.3 Å². The fourth-order valence-electron chi connectivity index (χ4n) is 3.30. The molecule has 0 aliphatic carbocycles. The van der Waals surface area contributed by atoms with Gasteiger partial charge in [0, 0.05) is 58.4 Å². The van der Waals surface area contributed by atoms with Crippen LogP contribution in [-0.2, 0) is 18.3 Å². The van der Waals surface area contributed by atoms with Crippen LogP contribution >= 0.6 is 0 Å². The molecule has 1 aromatic carbocycles. The highest BCUT2D eigenvalue weighted by Gasteiger charge is 2.23. The highest BCUT2D eigenvalue weighted by molar-refractivity contribution is 5.94. The number of benzene rings is 1. The Morgan fingerprint density at radius 3 is 2.62 bits per heavy atom. The number of piperidine rings is 1. The third-order valence-electron chi connectivity index (χ3n) is 5.05. The number of hydrogen-bond acceptors (Lipinski definition) is 6. The van der Waals surface area contributed by atoms with Gasteiger partial charge in [0.1, 0.15) is 18.3 Å². The average molecular weight is 401 g/mol. The molecule has 1 N–H and O–H groups in total. The van der Waals surface area contributed by atoms with Gasteiger partial charge in [0.05, 0.1) is 7.11 Å². The molecule has 2 heterocycles. The normalized spacial score (nSPS) is 14.5. The molecule has 1 fully saturated rings. The molecule has 0 bridgehead atoms. The zero-order chi connectivity index (χ0) is 20.8. The summed E-state index contributed by atoms with van der Waals surface area (Å²) in [4.78, 5) is 25.7. The lowest BCUT2D eigenvalue weighted by Gasteiger charge is -2.31. The van der Waals surface area contributed by atoms with Crippen molar-refractivity contribution < 1.29 is 19.1 Å². The first-order valence-corrected chi connectivity index (χ1v) is 9.69. The van der Waals surface area contributed by atoms with Crippen LogP contribution in [0.1, 0.15) is 35.9 Å². The summed E-state index contributed by atoms with van der Waals surface area (Å²) in [6.45, 7) is 3.42. The molecule has 0 spiro atoms. The van der Waals surface area contributed by atoms with Crippen molar-refractivity contribution in [3.8, 4) is 11.5 Å². The highest BCUT2D eigenvalue weighted by atomic mass is 16.5. The van der Waals surface area contributed by atoms with E-state index in [9.17, 15) is 9.59 Å². The Bertz CT molecular complexity index is 858. The van der Waals surface area contributed by atoms with Crippen LogP contribution in [0, 0.1) is 0 Å². The molecule has 2 aromatic rings. The fourth-order valence-corrected chi connectivity index (χ4v) is 3.30. The molecular weight excluding hydrogens is 374 g/mol. The van der Waals surface area contributed by atoms with E-state index in [-0.39, 0.29) is 17.9 Å². The number of nitrogens with one attached hydrogen (secondary N) is 1. The topological polar surface area (TPSA) is 98.6 Å². The number of hydrogen-bond donors (Lipinski definition) is 1. The third kappa shape index (κ3) is 5.24. The molecule has 1 aliphatic heterocycles. The van der Waals surface area contributed by atoms with Crippen LogP contribution in [0.2, 0.25) is 0 Å². The Kier molecular flexibility index (Phi) is 6.69. The number of ether oxygens (including phenoxy) is 2. The molecule has 1 aromatic heterocycles. The third-order valence-corrected chi connectivity index (χ3v) is 5.05. The van der Waals surface area contributed by atoms with E-state index in [1.807, 2.05) is 16.5 Å². The van der Waals surface area contributed by atoms with Crippen LogP contribution < -0.4 is 14.8 Å². The van der Waals surface area contributed by atoms with E-state index in [1.54, 1.807) is 38.6 Å². The Balaban J connectivity index is 1.56. The van der Waals surface area contributed by atoms with E-state index in [0.717, 1.165) is 18.7 Å². The number of nitrogens with zero attached hydrogens (tertiary/aromatic N) is 4. The lowest BCUT2D eigenvalue weighted by atomic mass is 10.1. The first kappa shape index (κ1) is 20.6. The first-order chi connectivity index (χ1) is 14.0. The van der Waals surface area contributed by atoms with Crippen molar-refractivity contribution in [2.24, 2.45) is 7.05 Å². The van der Waals surface area contributed by atoms with Gasteiger partial charge in [0.2, 0.25) is 5.91 Å².